The highest BCUT2D eigenvalue weighted by Crippen LogP contribution is 2.30. The number of allylic oxidation sites excluding steroid dienone is 1. The lowest BCUT2D eigenvalue weighted by molar-refractivity contribution is -0.144. The fraction of sp³-hybridized carbons (Fsp3) is 0.353. The maximum Gasteiger partial charge on any atom is 0.451 e. The van der Waals surface area contributed by atoms with Crippen molar-refractivity contribution in [3.05, 3.63) is 42.4 Å². The van der Waals surface area contributed by atoms with Crippen LogP contribution in [0.4, 0.5) is 23.8 Å². The van der Waals surface area contributed by atoms with Gasteiger partial charge in [-0.1, -0.05) is 39.5 Å². The largest absolute Gasteiger partial charge is 0.451 e. The first-order chi connectivity index (χ1) is 12.0. The lowest BCUT2D eigenvalue weighted by Gasteiger charge is -2.20. The van der Waals surface area contributed by atoms with Gasteiger partial charge in [0.05, 0.1) is 5.52 Å². The number of nitrogens with zero attached hydrogens (tertiary/aromatic N) is 2. The van der Waals surface area contributed by atoms with Gasteiger partial charge in [0.2, 0.25) is 5.82 Å². The highest BCUT2D eigenvalue weighted by Gasteiger charge is 2.35. The molecule has 3 N–H and O–H groups in total. The first-order valence-corrected chi connectivity index (χ1v) is 7.80. The van der Waals surface area contributed by atoms with E-state index in [4.69, 9.17) is 0 Å². The van der Waals surface area contributed by atoms with Crippen molar-refractivity contribution in [1.29, 1.82) is 0 Å². The van der Waals surface area contributed by atoms with Crippen LogP contribution in [0.2, 0.25) is 0 Å². The number of hydrogen-bond acceptors (Lipinski definition) is 4. The van der Waals surface area contributed by atoms with E-state index in [9.17, 15) is 18.0 Å². The number of nitrogens with one attached hydrogen (secondary N) is 3. The number of benzene rings is 1. The Morgan fingerprint density at radius 3 is 2.42 bits per heavy atom. The number of rotatable bonds is 4. The lowest BCUT2D eigenvalue weighted by Crippen LogP contribution is -2.39. The molecule has 0 fully saturated rings. The van der Waals surface area contributed by atoms with Crippen molar-refractivity contribution >= 4 is 22.8 Å². The third-order valence-electron chi connectivity index (χ3n) is 3.19. The number of aromatic nitrogens is 2. The average Bonchev–Trinajstić information content (AvgIpc) is 2.49. The number of anilines is 1. The second-order valence-electron chi connectivity index (χ2n) is 6.96. The summed E-state index contributed by atoms with van der Waals surface area (Å²) in [5.41, 5.74) is 5.21. The van der Waals surface area contributed by atoms with E-state index in [1.54, 1.807) is 18.2 Å². The summed E-state index contributed by atoms with van der Waals surface area (Å²) in [5.74, 6) is -1.45. The van der Waals surface area contributed by atoms with Crippen LogP contribution in [-0.4, -0.2) is 16.0 Å². The number of hydrazine groups is 1. The molecule has 0 atom stereocenters. The molecular weight excluding hydrogens is 347 g/mol. The van der Waals surface area contributed by atoms with Gasteiger partial charge in [0.1, 0.15) is 0 Å². The highest BCUT2D eigenvalue weighted by molar-refractivity contribution is 5.90. The van der Waals surface area contributed by atoms with Gasteiger partial charge in [-0.15, -0.1) is 0 Å². The van der Waals surface area contributed by atoms with E-state index >= 15 is 0 Å². The standard InChI is InChI=1S/C17H20F3N5O/c1-10(9-16(2,3)4)21-15(26)25-24-13-11-7-5-6-8-12(11)22-14(23-13)17(18,19)20/h5-8H,1,9H2,2-4H3,(H2,21,25,26)(H,22,23,24). The normalized spacial score (nSPS) is 11.9. The molecule has 0 bridgehead atoms. The maximum atomic E-state index is 13.0. The first-order valence-electron chi connectivity index (χ1n) is 7.80. The van der Waals surface area contributed by atoms with Crippen molar-refractivity contribution in [2.24, 2.45) is 5.41 Å². The number of amides is 2. The number of urea groups is 1. The molecule has 26 heavy (non-hydrogen) atoms. The Labute approximate surface area is 148 Å². The summed E-state index contributed by atoms with van der Waals surface area (Å²) in [7, 11) is 0. The Morgan fingerprint density at radius 2 is 1.81 bits per heavy atom. The van der Waals surface area contributed by atoms with Crippen LogP contribution in [0.15, 0.2) is 36.5 Å². The molecule has 0 aliphatic heterocycles. The van der Waals surface area contributed by atoms with Crippen molar-refractivity contribution in [3.8, 4) is 0 Å². The van der Waals surface area contributed by atoms with E-state index in [1.807, 2.05) is 20.8 Å². The highest BCUT2D eigenvalue weighted by atomic mass is 19.4. The van der Waals surface area contributed by atoms with E-state index in [-0.39, 0.29) is 16.7 Å². The van der Waals surface area contributed by atoms with Gasteiger partial charge >= 0.3 is 12.2 Å². The predicted octanol–water partition coefficient (Wildman–Crippen LogP) is 4.22. The van der Waals surface area contributed by atoms with Crippen molar-refractivity contribution in [2.45, 2.75) is 33.4 Å². The van der Waals surface area contributed by atoms with Crippen molar-refractivity contribution in [3.63, 3.8) is 0 Å². The molecule has 0 saturated heterocycles. The van der Waals surface area contributed by atoms with Crippen LogP contribution in [-0.2, 0) is 6.18 Å². The van der Waals surface area contributed by atoms with Gasteiger partial charge in [-0.25, -0.2) is 14.8 Å². The van der Waals surface area contributed by atoms with Crippen LogP contribution in [0.5, 0.6) is 0 Å². The van der Waals surface area contributed by atoms with Crippen LogP contribution in [0.1, 0.15) is 33.0 Å². The number of halogens is 3. The van der Waals surface area contributed by atoms with E-state index in [2.05, 4.69) is 32.7 Å². The van der Waals surface area contributed by atoms with Gasteiger partial charge in [-0.2, -0.15) is 13.2 Å². The predicted molar refractivity (Wildman–Crippen MR) is 93.0 cm³/mol. The molecule has 1 aromatic heterocycles. The number of fused-ring (bicyclic) bond motifs is 1. The van der Waals surface area contributed by atoms with Gasteiger partial charge in [0.25, 0.3) is 0 Å². The summed E-state index contributed by atoms with van der Waals surface area (Å²) in [5, 5.41) is 2.87. The van der Waals surface area contributed by atoms with Gasteiger partial charge in [0.15, 0.2) is 5.82 Å². The van der Waals surface area contributed by atoms with Gasteiger partial charge < -0.3 is 5.32 Å². The topological polar surface area (TPSA) is 78.9 Å². The molecule has 2 rings (SSSR count). The van der Waals surface area contributed by atoms with E-state index in [0.29, 0.717) is 17.5 Å². The molecule has 2 amide bonds. The van der Waals surface area contributed by atoms with Crippen LogP contribution < -0.4 is 16.2 Å². The zero-order valence-corrected chi connectivity index (χ0v) is 14.7. The summed E-state index contributed by atoms with van der Waals surface area (Å²) < 4.78 is 38.9. The van der Waals surface area contributed by atoms with E-state index in [1.165, 1.54) is 6.07 Å². The molecule has 2 aromatic rings. The van der Waals surface area contributed by atoms with Gasteiger partial charge in [0, 0.05) is 11.1 Å². The molecule has 0 radical (unpaired) electrons. The van der Waals surface area contributed by atoms with Gasteiger partial charge in [-0.05, 0) is 24.0 Å². The zero-order valence-electron chi connectivity index (χ0n) is 14.7. The number of alkyl halides is 3. The van der Waals surface area contributed by atoms with E-state index < -0.39 is 18.0 Å². The van der Waals surface area contributed by atoms with E-state index in [0.717, 1.165) is 0 Å². The van der Waals surface area contributed by atoms with Crippen molar-refractivity contribution < 1.29 is 18.0 Å². The Morgan fingerprint density at radius 1 is 1.15 bits per heavy atom. The van der Waals surface area contributed by atoms with Crippen LogP contribution in [0, 0.1) is 5.41 Å². The maximum absolute atomic E-state index is 13.0. The molecule has 1 heterocycles. The van der Waals surface area contributed by atoms with Crippen LogP contribution >= 0.6 is 0 Å². The Hall–Kier alpha value is -2.84. The summed E-state index contributed by atoms with van der Waals surface area (Å²) >= 11 is 0. The second kappa shape index (κ2) is 7.19. The van der Waals surface area contributed by atoms with Crippen molar-refractivity contribution in [2.75, 3.05) is 5.43 Å². The zero-order chi connectivity index (χ0) is 19.5. The number of carbonyl (C=O) groups is 1. The average molecular weight is 367 g/mol. The van der Waals surface area contributed by atoms with Crippen LogP contribution in [0.3, 0.4) is 0 Å². The SMILES string of the molecule is C=C(CC(C)(C)C)NC(=O)NNc1nc(C(F)(F)F)nc2ccccc12. The minimum absolute atomic E-state index is 0.0672. The second-order valence-corrected chi connectivity index (χ2v) is 6.96. The molecule has 0 aliphatic carbocycles. The molecule has 0 spiro atoms. The number of carbonyl (C=O) groups excluding carboxylic acids is 1. The lowest BCUT2D eigenvalue weighted by atomic mass is 9.91. The molecule has 0 unspecified atom stereocenters. The molecule has 9 heteroatoms. The third-order valence-corrected chi connectivity index (χ3v) is 3.19. The van der Waals surface area contributed by atoms with Crippen LogP contribution in [0.25, 0.3) is 10.9 Å². The molecule has 6 nitrogen and oxygen atoms in total. The van der Waals surface area contributed by atoms with Crippen molar-refractivity contribution in [1.82, 2.24) is 20.7 Å². The molecule has 0 saturated carbocycles. The quantitative estimate of drug-likeness (QED) is 0.707. The minimum Gasteiger partial charge on any atom is -0.311 e. The van der Waals surface area contributed by atoms with Gasteiger partial charge in [-0.3, -0.25) is 10.9 Å². The molecule has 1 aromatic carbocycles. The Bertz CT molecular complexity index is 827. The smallest absolute Gasteiger partial charge is 0.311 e. The molecule has 0 aliphatic rings. The Balaban J connectivity index is 2.15. The first kappa shape index (κ1) is 19.5. The number of hydrogen-bond donors (Lipinski definition) is 3. The molecule has 140 valence electrons. The summed E-state index contributed by atoms with van der Waals surface area (Å²) in [6.07, 6.45) is -4.15. The fourth-order valence-electron chi connectivity index (χ4n) is 2.29. The fourth-order valence-corrected chi connectivity index (χ4v) is 2.29. The summed E-state index contributed by atoms with van der Waals surface area (Å²) in [6.45, 7) is 9.72. The monoisotopic (exact) mass is 367 g/mol. The summed E-state index contributed by atoms with van der Waals surface area (Å²) in [6, 6.07) is 5.53. The Kier molecular flexibility index (Phi) is 5.38. The third kappa shape index (κ3) is 5.33. The summed E-state index contributed by atoms with van der Waals surface area (Å²) in [4.78, 5) is 18.9. The minimum atomic E-state index is -4.70. The molecular formula is C17H20F3N5O. The number of para-hydroxylation sites is 1.